The van der Waals surface area contributed by atoms with Crippen LogP contribution in [0.5, 0.6) is 11.5 Å². The minimum Gasteiger partial charge on any atom is -0.494 e. The minimum absolute atomic E-state index is 0.111. The third kappa shape index (κ3) is 7.18. The summed E-state index contributed by atoms with van der Waals surface area (Å²) in [6.07, 6.45) is 1.92. The minimum atomic E-state index is -3.99. The molecule has 0 aliphatic carbocycles. The van der Waals surface area contributed by atoms with Gasteiger partial charge in [-0.3, -0.25) is 9.10 Å². The van der Waals surface area contributed by atoms with E-state index in [-0.39, 0.29) is 24.6 Å². The maximum atomic E-state index is 13.5. The summed E-state index contributed by atoms with van der Waals surface area (Å²) >= 11 is 1.52. The highest BCUT2D eigenvalue weighted by molar-refractivity contribution is 7.98. The Morgan fingerprint density at radius 1 is 0.972 bits per heavy atom. The van der Waals surface area contributed by atoms with Crippen molar-refractivity contribution < 1.29 is 22.7 Å². The molecule has 0 spiro atoms. The molecule has 7 nitrogen and oxygen atoms in total. The zero-order valence-electron chi connectivity index (χ0n) is 21.0. The molecule has 0 aliphatic rings. The molecule has 192 valence electrons. The number of rotatable bonds is 12. The van der Waals surface area contributed by atoms with E-state index in [9.17, 15) is 13.2 Å². The molecule has 1 amide bonds. The van der Waals surface area contributed by atoms with Gasteiger partial charge >= 0.3 is 0 Å². The lowest BCUT2D eigenvalue weighted by atomic mass is 10.1. The highest BCUT2D eigenvalue weighted by atomic mass is 32.2. The molecule has 9 heteroatoms. The van der Waals surface area contributed by atoms with E-state index < -0.39 is 15.9 Å². The monoisotopic (exact) mass is 528 g/mol. The normalized spacial score (nSPS) is 11.1. The summed E-state index contributed by atoms with van der Waals surface area (Å²) in [5.41, 5.74) is 2.46. The molecule has 1 N–H and O–H groups in total. The van der Waals surface area contributed by atoms with Gasteiger partial charge in [0.05, 0.1) is 23.7 Å². The second-order valence-corrected chi connectivity index (χ2v) is 10.8. The van der Waals surface area contributed by atoms with Crippen molar-refractivity contribution in [2.75, 3.05) is 36.9 Å². The Bertz CT molecular complexity index is 1260. The van der Waals surface area contributed by atoms with E-state index >= 15 is 0 Å². The van der Waals surface area contributed by atoms with Gasteiger partial charge in [-0.2, -0.15) is 0 Å². The van der Waals surface area contributed by atoms with Crippen molar-refractivity contribution in [3.63, 3.8) is 0 Å². The predicted molar refractivity (Wildman–Crippen MR) is 145 cm³/mol. The molecule has 0 saturated carbocycles. The predicted octanol–water partition coefficient (Wildman–Crippen LogP) is 4.81. The first-order valence-electron chi connectivity index (χ1n) is 11.6. The van der Waals surface area contributed by atoms with E-state index in [0.717, 1.165) is 26.1 Å². The molecule has 0 aliphatic heterocycles. The Hall–Kier alpha value is -3.17. The number of sulfonamides is 1. The van der Waals surface area contributed by atoms with Gasteiger partial charge in [0.15, 0.2) is 0 Å². The molecule has 3 rings (SSSR count). The molecular formula is C27H32N2O5S2. The first kappa shape index (κ1) is 27.4. The van der Waals surface area contributed by atoms with E-state index in [0.29, 0.717) is 18.0 Å². The van der Waals surface area contributed by atoms with Gasteiger partial charge in [-0.15, -0.1) is 11.8 Å². The zero-order chi connectivity index (χ0) is 26.1. The molecule has 0 saturated heterocycles. The van der Waals surface area contributed by atoms with Gasteiger partial charge in [-0.1, -0.05) is 12.1 Å². The summed E-state index contributed by atoms with van der Waals surface area (Å²) in [7, 11) is -3.99. The summed E-state index contributed by atoms with van der Waals surface area (Å²) in [5.74, 6) is 0.949. The Kier molecular flexibility index (Phi) is 9.66. The van der Waals surface area contributed by atoms with Gasteiger partial charge in [-0.05, 0) is 92.8 Å². The summed E-state index contributed by atoms with van der Waals surface area (Å²) in [4.78, 5) is 13.9. The van der Waals surface area contributed by atoms with E-state index in [2.05, 4.69) is 5.32 Å². The Morgan fingerprint density at radius 3 is 2.31 bits per heavy atom. The Labute approximate surface area is 217 Å². The van der Waals surface area contributed by atoms with Crippen molar-refractivity contribution in [1.82, 2.24) is 5.32 Å². The largest absolute Gasteiger partial charge is 0.494 e. The molecule has 0 fully saturated rings. The van der Waals surface area contributed by atoms with E-state index in [4.69, 9.17) is 9.47 Å². The second kappa shape index (κ2) is 12.7. The number of nitrogens with zero attached hydrogens (tertiary/aromatic N) is 1. The molecular weight excluding hydrogens is 496 g/mol. The summed E-state index contributed by atoms with van der Waals surface area (Å²) in [6, 6.07) is 19.2. The van der Waals surface area contributed by atoms with Crippen LogP contribution in [-0.4, -0.2) is 46.9 Å². The fourth-order valence-corrected chi connectivity index (χ4v) is 5.30. The number of thioether (sulfide) groups is 1. The van der Waals surface area contributed by atoms with Crippen molar-refractivity contribution in [2.24, 2.45) is 0 Å². The maximum Gasteiger partial charge on any atom is 0.264 e. The molecule has 0 radical (unpaired) electrons. The van der Waals surface area contributed by atoms with Crippen LogP contribution in [-0.2, 0) is 14.8 Å². The fourth-order valence-electron chi connectivity index (χ4n) is 3.47. The molecule has 36 heavy (non-hydrogen) atoms. The number of anilines is 1. The number of hydrogen-bond donors (Lipinski definition) is 1. The van der Waals surface area contributed by atoms with Crippen molar-refractivity contribution in [2.45, 2.75) is 30.6 Å². The highest BCUT2D eigenvalue weighted by Crippen LogP contribution is 2.27. The maximum absolute atomic E-state index is 13.5. The van der Waals surface area contributed by atoms with Crippen LogP contribution < -0.4 is 19.1 Å². The third-order valence-electron chi connectivity index (χ3n) is 5.40. The third-order valence-corrected chi connectivity index (χ3v) is 7.93. The number of nitrogens with one attached hydrogen (secondary N) is 1. The number of hydrogen-bond acceptors (Lipinski definition) is 6. The van der Waals surface area contributed by atoms with Gasteiger partial charge in [0.2, 0.25) is 5.91 Å². The molecule has 0 bridgehead atoms. The lowest BCUT2D eigenvalue weighted by Gasteiger charge is -2.24. The quantitative estimate of drug-likeness (QED) is 0.268. The van der Waals surface area contributed by atoms with Gasteiger partial charge in [0.1, 0.15) is 24.7 Å². The average molecular weight is 529 g/mol. The van der Waals surface area contributed by atoms with Crippen molar-refractivity contribution in [3.8, 4) is 11.5 Å². The van der Waals surface area contributed by atoms with Gasteiger partial charge in [0.25, 0.3) is 10.0 Å². The van der Waals surface area contributed by atoms with E-state index in [1.54, 1.807) is 48.5 Å². The number of benzene rings is 3. The molecule has 0 heterocycles. The number of ether oxygens (including phenoxy) is 2. The number of aryl methyl sites for hydroxylation is 2. The lowest BCUT2D eigenvalue weighted by molar-refractivity contribution is -0.119. The van der Waals surface area contributed by atoms with Crippen LogP contribution in [0.25, 0.3) is 0 Å². The van der Waals surface area contributed by atoms with Gasteiger partial charge < -0.3 is 14.8 Å². The second-order valence-electron chi connectivity index (χ2n) is 8.08. The van der Waals surface area contributed by atoms with Crippen LogP contribution in [0.3, 0.4) is 0 Å². The van der Waals surface area contributed by atoms with Crippen LogP contribution in [0.4, 0.5) is 5.69 Å². The van der Waals surface area contributed by atoms with Gasteiger partial charge in [-0.25, -0.2) is 8.42 Å². The van der Waals surface area contributed by atoms with Crippen LogP contribution in [0, 0.1) is 13.8 Å². The standard InChI is InChI=1S/C27H32N2O5S2/c1-5-33-23-10-8-22(9-11-23)29(36(31,32)25-14-12-24(35-4)13-15-25)19-27(30)28-16-17-34-26-18-20(2)6-7-21(26)3/h6-15,18H,5,16-17,19H2,1-4H3,(H,28,30). The highest BCUT2D eigenvalue weighted by Gasteiger charge is 2.27. The first-order chi connectivity index (χ1) is 17.2. The van der Waals surface area contributed by atoms with Crippen molar-refractivity contribution in [1.29, 1.82) is 0 Å². The first-order valence-corrected chi connectivity index (χ1v) is 14.3. The van der Waals surface area contributed by atoms with Gasteiger partial charge in [0, 0.05) is 4.90 Å². The van der Waals surface area contributed by atoms with E-state index in [1.165, 1.54) is 11.8 Å². The lowest BCUT2D eigenvalue weighted by Crippen LogP contribution is -2.41. The molecule has 0 aromatic heterocycles. The summed E-state index contributed by atoms with van der Waals surface area (Å²) in [5, 5.41) is 2.76. The zero-order valence-corrected chi connectivity index (χ0v) is 22.6. The summed E-state index contributed by atoms with van der Waals surface area (Å²) in [6.45, 7) is 6.45. The molecule has 3 aromatic rings. The number of carbonyl (C=O) groups is 1. The SMILES string of the molecule is CCOc1ccc(N(CC(=O)NCCOc2cc(C)ccc2C)S(=O)(=O)c2ccc(SC)cc2)cc1. The molecule has 0 unspecified atom stereocenters. The smallest absolute Gasteiger partial charge is 0.264 e. The average Bonchev–Trinajstić information content (AvgIpc) is 2.88. The van der Waals surface area contributed by atoms with Crippen molar-refractivity contribution in [3.05, 3.63) is 77.9 Å². The van der Waals surface area contributed by atoms with Crippen molar-refractivity contribution >= 4 is 33.4 Å². The van der Waals surface area contributed by atoms with Crippen LogP contribution in [0.2, 0.25) is 0 Å². The van der Waals surface area contributed by atoms with Crippen LogP contribution in [0.1, 0.15) is 18.1 Å². The number of amides is 1. The molecule has 3 aromatic carbocycles. The van der Waals surface area contributed by atoms with Crippen LogP contribution in [0.15, 0.2) is 76.5 Å². The summed E-state index contributed by atoms with van der Waals surface area (Å²) < 4.78 is 39.5. The fraction of sp³-hybridized carbons (Fsp3) is 0.296. The molecule has 0 atom stereocenters. The van der Waals surface area contributed by atoms with Crippen LogP contribution >= 0.6 is 11.8 Å². The number of carbonyl (C=O) groups excluding carboxylic acids is 1. The topological polar surface area (TPSA) is 84.9 Å². The Morgan fingerprint density at radius 2 is 1.67 bits per heavy atom. The van der Waals surface area contributed by atoms with E-state index in [1.807, 2.05) is 45.2 Å². The Balaban J connectivity index is 1.74.